The van der Waals surface area contributed by atoms with Crippen molar-refractivity contribution >= 4 is 11.7 Å². The smallest absolute Gasteiger partial charge is 0.220 e. The number of aromatic nitrogens is 2. The van der Waals surface area contributed by atoms with Crippen molar-refractivity contribution in [2.45, 2.75) is 77.1 Å². The largest absolute Gasteiger partial charge is 0.490 e. The van der Waals surface area contributed by atoms with Gasteiger partial charge >= 0.3 is 0 Å². The van der Waals surface area contributed by atoms with Crippen molar-refractivity contribution in [2.75, 3.05) is 25.5 Å². The molecule has 1 amide bonds. The van der Waals surface area contributed by atoms with E-state index < -0.39 is 0 Å². The lowest BCUT2D eigenvalue weighted by Crippen LogP contribution is -2.33. The first-order valence-electron chi connectivity index (χ1n) is 12.4. The average Bonchev–Trinajstić information content (AvgIpc) is 3.51. The van der Waals surface area contributed by atoms with Gasteiger partial charge in [-0.25, -0.2) is 9.97 Å². The molecule has 0 unspecified atom stereocenters. The summed E-state index contributed by atoms with van der Waals surface area (Å²) >= 11 is 0. The molecule has 1 saturated heterocycles. The fourth-order valence-electron chi connectivity index (χ4n) is 5.58. The Morgan fingerprint density at radius 1 is 1.15 bits per heavy atom. The number of nitrogens with one attached hydrogen (secondary N) is 1. The molecule has 2 aromatic rings. The molecule has 7 heteroatoms. The fourth-order valence-corrected chi connectivity index (χ4v) is 5.58. The third kappa shape index (κ3) is 4.83. The molecule has 1 N–H and O–H groups in total. The normalized spacial score (nSPS) is 21.3. The minimum Gasteiger partial charge on any atom is -0.490 e. The van der Waals surface area contributed by atoms with Crippen molar-refractivity contribution in [3.63, 3.8) is 0 Å². The Balaban J connectivity index is 1.32. The third-order valence-corrected chi connectivity index (χ3v) is 7.26. The fraction of sp³-hybridized carbons (Fsp3) is 0.577. The van der Waals surface area contributed by atoms with Gasteiger partial charge in [-0.2, -0.15) is 0 Å². The molecule has 1 atom stereocenters. The number of anilines is 1. The van der Waals surface area contributed by atoms with E-state index in [2.05, 4.69) is 34.5 Å². The van der Waals surface area contributed by atoms with Crippen molar-refractivity contribution in [3.05, 3.63) is 46.9 Å². The summed E-state index contributed by atoms with van der Waals surface area (Å²) in [5.74, 6) is 2.78. The summed E-state index contributed by atoms with van der Waals surface area (Å²) in [5, 5.41) is 3.28. The van der Waals surface area contributed by atoms with E-state index in [0.29, 0.717) is 6.10 Å². The molecule has 3 aliphatic rings. The second-order valence-electron chi connectivity index (χ2n) is 9.61. The molecule has 0 spiro atoms. The van der Waals surface area contributed by atoms with Crippen molar-refractivity contribution < 1.29 is 9.53 Å². The maximum atomic E-state index is 12.1. The summed E-state index contributed by atoms with van der Waals surface area (Å²) < 4.78 is 6.21. The van der Waals surface area contributed by atoms with Gasteiger partial charge in [0.25, 0.3) is 0 Å². The van der Waals surface area contributed by atoms with Gasteiger partial charge in [0.05, 0.1) is 17.8 Å². The lowest BCUT2D eigenvalue weighted by Gasteiger charge is -2.30. The molecule has 5 rings (SSSR count). The van der Waals surface area contributed by atoms with E-state index in [0.717, 1.165) is 68.5 Å². The van der Waals surface area contributed by atoms with Crippen LogP contribution in [0.25, 0.3) is 0 Å². The first-order valence-corrected chi connectivity index (χ1v) is 12.4. The van der Waals surface area contributed by atoms with Crippen LogP contribution < -0.4 is 10.1 Å². The van der Waals surface area contributed by atoms with Gasteiger partial charge in [-0.15, -0.1) is 0 Å². The van der Waals surface area contributed by atoms with Gasteiger partial charge in [0.15, 0.2) is 5.82 Å². The van der Waals surface area contributed by atoms with Gasteiger partial charge in [-0.05, 0) is 62.6 Å². The van der Waals surface area contributed by atoms with Crippen LogP contribution >= 0.6 is 0 Å². The molecule has 2 fully saturated rings. The Morgan fingerprint density at radius 2 is 2.00 bits per heavy atom. The maximum Gasteiger partial charge on any atom is 0.220 e. The molecule has 0 radical (unpaired) electrons. The zero-order valence-electron chi connectivity index (χ0n) is 19.8. The molecule has 176 valence electrons. The predicted molar refractivity (Wildman–Crippen MR) is 128 cm³/mol. The van der Waals surface area contributed by atoms with Crippen LogP contribution in [-0.4, -0.2) is 51.9 Å². The summed E-state index contributed by atoms with van der Waals surface area (Å²) in [7, 11) is 1.92. The van der Waals surface area contributed by atoms with E-state index >= 15 is 0 Å². The van der Waals surface area contributed by atoms with Gasteiger partial charge in [-0.3, -0.25) is 9.69 Å². The van der Waals surface area contributed by atoms with Crippen LogP contribution in [0.15, 0.2) is 24.3 Å². The van der Waals surface area contributed by atoms with Crippen molar-refractivity contribution in [2.24, 2.45) is 0 Å². The Labute approximate surface area is 196 Å². The standard InChI is InChI=1S/C26H35N5O2/c1-18(32)31-13-6-11-24(31)26-28-23-17-30(14-12-22(23)25(27-2)29-26)16-19-7-5-10-21(15-19)33-20-8-3-4-9-20/h5,7,10,15,20,24H,3-4,6,8-9,11-14,16-17H2,1-2H3,(H,27,28,29)/t24-/m0/s1. The van der Waals surface area contributed by atoms with Crippen LogP contribution in [0.1, 0.15) is 74.1 Å². The molecule has 7 nitrogen and oxygen atoms in total. The number of hydrogen-bond acceptors (Lipinski definition) is 6. The van der Waals surface area contributed by atoms with Crippen molar-refractivity contribution in [1.82, 2.24) is 19.8 Å². The highest BCUT2D eigenvalue weighted by atomic mass is 16.5. The molecule has 3 heterocycles. The van der Waals surface area contributed by atoms with Crippen LogP contribution in [0.5, 0.6) is 5.75 Å². The van der Waals surface area contributed by atoms with Crippen LogP contribution in [0.3, 0.4) is 0 Å². The number of carbonyl (C=O) groups excluding carboxylic acids is 1. The first kappa shape index (κ1) is 22.1. The Bertz CT molecular complexity index is 1000. The number of fused-ring (bicyclic) bond motifs is 1. The summed E-state index contributed by atoms with van der Waals surface area (Å²) in [6.45, 7) is 5.07. The van der Waals surface area contributed by atoms with Gasteiger partial charge < -0.3 is 15.0 Å². The molecule has 2 aliphatic heterocycles. The second kappa shape index (κ2) is 9.67. The highest BCUT2D eigenvalue weighted by Crippen LogP contribution is 2.33. The lowest BCUT2D eigenvalue weighted by molar-refractivity contribution is -0.129. The third-order valence-electron chi connectivity index (χ3n) is 7.26. The molecule has 1 aromatic heterocycles. The van der Waals surface area contributed by atoms with Crippen LogP contribution in [0.4, 0.5) is 5.82 Å². The second-order valence-corrected chi connectivity index (χ2v) is 9.61. The Morgan fingerprint density at radius 3 is 2.79 bits per heavy atom. The number of hydrogen-bond donors (Lipinski definition) is 1. The summed E-state index contributed by atoms with van der Waals surface area (Å²) in [4.78, 5) is 26.3. The summed E-state index contributed by atoms with van der Waals surface area (Å²) in [6.07, 6.45) is 8.13. The molecular formula is C26H35N5O2. The number of rotatable bonds is 6. The predicted octanol–water partition coefficient (Wildman–Crippen LogP) is 4.08. The molecular weight excluding hydrogens is 414 g/mol. The van der Waals surface area contributed by atoms with E-state index in [1.165, 1.54) is 36.8 Å². The number of carbonyl (C=O) groups is 1. The minimum atomic E-state index is -0.0142. The van der Waals surface area contributed by atoms with Gasteiger partial charge in [0, 0.05) is 45.7 Å². The van der Waals surface area contributed by atoms with Crippen LogP contribution in [0.2, 0.25) is 0 Å². The van der Waals surface area contributed by atoms with Gasteiger partial charge in [0.2, 0.25) is 5.91 Å². The zero-order chi connectivity index (χ0) is 22.8. The van der Waals surface area contributed by atoms with E-state index in [1.54, 1.807) is 6.92 Å². The minimum absolute atomic E-state index is 0.0142. The van der Waals surface area contributed by atoms with Gasteiger partial charge in [0.1, 0.15) is 11.6 Å². The number of ether oxygens (including phenoxy) is 1. The average molecular weight is 450 g/mol. The molecule has 1 aromatic carbocycles. The topological polar surface area (TPSA) is 70.6 Å². The highest BCUT2D eigenvalue weighted by molar-refractivity contribution is 5.74. The molecule has 1 aliphatic carbocycles. The van der Waals surface area contributed by atoms with E-state index in [9.17, 15) is 4.79 Å². The van der Waals surface area contributed by atoms with Crippen LogP contribution in [-0.2, 0) is 24.3 Å². The van der Waals surface area contributed by atoms with Gasteiger partial charge in [-0.1, -0.05) is 12.1 Å². The Hall–Kier alpha value is -2.67. The number of amides is 1. The Kier molecular flexibility index (Phi) is 6.49. The number of likely N-dealkylation sites (tertiary alicyclic amines) is 1. The lowest BCUT2D eigenvalue weighted by atomic mass is 10.0. The van der Waals surface area contributed by atoms with E-state index in [-0.39, 0.29) is 11.9 Å². The monoisotopic (exact) mass is 449 g/mol. The summed E-state index contributed by atoms with van der Waals surface area (Å²) in [5.41, 5.74) is 3.57. The van der Waals surface area contributed by atoms with Crippen molar-refractivity contribution in [3.8, 4) is 5.75 Å². The van der Waals surface area contributed by atoms with E-state index in [4.69, 9.17) is 14.7 Å². The maximum absolute atomic E-state index is 12.1. The van der Waals surface area contributed by atoms with Crippen molar-refractivity contribution in [1.29, 1.82) is 0 Å². The summed E-state index contributed by atoms with van der Waals surface area (Å²) in [6, 6.07) is 8.55. The quantitative estimate of drug-likeness (QED) is 0.717. The SMILES string of the molecule is CNc1nc([C@@H]2CCCN2C(C)=O)nc2c1CCN(Cc1cccc(OC3CCCC3)c1)C2. The molecule has 1 saturated carbocycles. The number of nitrogens with zero attached hydrogens (tertiary/aromatic N) is 4. The zero-order valence-corrected chi connectivity index (χ0v) is 19.8. The molecule has 33 heavy (non-hydrogen) atoms. The first-order chi connectivity index (χ1) is 16.1. The molecule has 0 bridgehead atoms. The number of benzene rings is 1. The van der Waals surface area contributed by atoms with Crippen LogP contribution in [0, 0.1) is 0 Å². The highest BCUT2D eigenvalue weighted by Gasteiger charge is 2.32. The van der Waals surface area contributed by atoms with E-state index in [1.807, 2.05) is 11.9 Å².